The molecule has 184 valence electrons. The number of hydrogen-bond donors (Lipinski definition) is 0. The van der Waals surface area contributed by atoms with E-state index in [1.165, 1.54) is 18.2 Å². The monoisotopic (exact) mass is 470 g/mol. The maximum Gasteiger partial charge on any atom is 0.409 e. The largest absolute Gasteiger partial charge is 0.476 e. The summed E-state index contributed by atoms with van der Waals surface area (Å²) in [7, 11) is 4.67. The quantitative estimate of drug-likeness (QED) is 0.618. The van der Waals surface area contributed by atoms with Crippen LogP contribution in [0.3, 0.4) is 0 Å². The van der Waals surface area contributed by atoms with E-state index < -0.39 is 0 Å². The fourth-order valence-electron chi connectivity index (χ4n) is 5.03. The van der Waals surface area contributed by atoms with Crippen LogP contribution in [0.4, 0.5) is 4.79 Å². The van der Waals surface area contributed by atoms with Crippen LogP contribution in [0.1, 0.15) is 35.4 Å². The molecule has 1 saturated heterocycles. The average Bonchev–Trinajstić information content (AvgIpc) is 2.87. The van der Waals surface area contributed by atoms with E-state index in [0.29, 0.717) is 38.1 Å². The summed E-state index contributed by atoms with van der Waals surface area (Å²) in [5.41, 5.74) is 5.26. The number of rotatable bonds is 7. The molecule has 4 rings (SSSR count). The Hall–Kier alpha value is -2.84. The van der Waals surface area contributed by atoms with Gasteiger partial charge in [-0.3, -0.25) is 4.79 Å². The standard InChI is InChI=1S/C26H34N2O6/c1-17-23(29)14-24(34-16-21(32-3)15-31-2)28-12-9-20-13-19(5-6-22(20)25(17)28)18-7-10-27(11-8-18)26(30)33-4/h5-6,13-14,18,21H,7-12,15-16H2,1-4H3/t21-/m0/s1. The van der Waals surface area contributed by atoms with Gasteiger partial charge >= 0.3 is 6.09 Å². The number of carbonyl (C=O) groups excluding carboxylic acids is 1. The van der Waals surface area contributed by atoms with Crippen molar-refractivity contribution in [3.8, 4) is 17.1 Å². The maximum absolute atomic E-state index is 12.8. The summed E-state index contributed by atoms with van der Waals surface area (Å²) in [5.74, 6) is 0.978. The first-order chi connectivity index (χ1) is 16.5. The molecule has 34 heavy (non-hydrogen) atoms. The molecule has 0 bridgehead atoms. The van der Waals surface area contributed by atoms with Gasteiger partial charge in [0.25, 0.3) is 0 Å². The molecule has 1 aromatic carbocycles. The lowest BCUT2D eigenvalue weighted by atomic mass is 9.85. The number of ether oxygens (including phenoxy) is 4. The highest BCUT2D eigenvalue weighted by molar-refractivity contribution is 5.70. The summed E-state index contributed by atoms with van der Waals surface area (Å²) in [4.78, 5) is 26.4. The molecule has 0 spiro atoms. The number of methoxy groups -OCH3 is 3. The SMILES string of the molecule is COC[C@@H](COc1cc(=O)c(C)c2n1CCc1cc(C3CCN(C(=O)OC)CC3)ccc1-2)OC. The Morgan fingerprint density at radius 1 is 1.09 bits per heavy atom. The Balaban J connectivity index is 1.58. The fourth-order valence-corrected chi connectivity index (χ4v) is 5.03. The van der Waals surface area contributed by atoms with Gasteiger partial charge in [0.1, 0.15) is 12.7 Å². The second-order valence-corrected chi connectivity index (χ2v) is 8.99. The summed E-state index contributed by atoms with van der Waals surface area (Å²) < 4.78 is 23.6. The molecule has 2 aliphatic rings. The number of aromatic nitrogens is 1. The number of aryl methyl sites for hydroxylation is 1. The molecule has 0 N–H and O–H groups in total. The first kappa shape index (κ1) is 24.3. The zero-order chi connectivity index (χ0) is 24.2. The van der Waals surface area contributed by atoms with Crippen LogP contribution in [0, 0.1) is 6.92 Å². The topological polar surface area (TPSA) is 79.2 Å². The van der Waals surface area contributed by atoms with E-state index in [0.717, 1.165) is 42.6 Å². The molecule has 0 aliphatic carbocycles. The van der Waals surface area contributed by atoms with E-state index in [4.69, 9.17) is 18.9 Å². The van der Waals surface area contributed by atoms with Crippen LogP contribution in [-0.2, 0) is 27.2 Å². The van der Waals surface area contributed by atoms with E-state index in [2.05, 4.69) is 22.8 Å². The minimum absolute atomic E-state index is 0.0333. The van der Waals surface area contributed by atoms with Gasteiger partial charge in [0, 0.05) is 51.0 Å². The fraction of sp³-hybridized carbons (Fsp3) is 0.538. The predicted octanol–water partition coefficient (Wildman–Crippen LogP) is 3.37. The first-order valence-electron chi connectivity index (χ1n) is 11.8. The van der Waals surface area contributed by atoms with Crippen molar-refractivity contribution >= 4 is 6.09 Å². The molecule has 1 atom stereocenters. The minimum Gasteiger partial charge on any atom is -0.476 e. The molecule has 3 heterocycles. The number of benzene rings is 1. The van der Waals surface area contributed by atoms with Crippen molar-refractivity contribution in [1.29, 1.82) is 0 Å². The van der Waals surface area contributed by atoms with Crippen LogP contribution in [0.5, 0.6) is 5.88 Å². The van der Waals surface area contributed by atoms with Crippen molar-refractivity contribution in [1.82, 2.24) is 9.47 Å². The van der Waals surface area contributed by atoms with Gasteiger partial charge in [0.15, 0.2) is 11.3 Å². The normalized spacial score (nSPS) is 16.5. The van der Waals surface area contributed by atoms with Crippen molar-refractivity contribution < 1.29 is 23.7 Å². The second-order valence-electron chi connectivity index (χ2n) is 8.99. The van der Waals surface area contributed by atoms with Crippen LogP contribution >= 0.6 is 0 Å². The molecule has 1 aromatic heterocycles. The smallest absolute Gasteiger partial charge is 0.409 e. The summed E-state index contributed by atoms with van der Waals surface area (Å²) in [6.45, 7) is 4.76. The molecular weight excluding hydrogens is 436 g/mol. The number of piperidine rings is 1. The number of likely N-dealkylation sites (tertiary alicyclic amines) is 1. The molecule has 0 radical (unpaired) electrons. The summed E-state index contributed by atoms with van der Waals surface area (Å²) >= 11 is 0. The predicted molar refractivity (Wildman–Crippen MR) is 129 cm³/mol. The zero-order valence-electron chi connectivity index (χ0n) is 20.5. The van der Waals surface area contributed by atoms with Gasteiger partial charge in [-0.2, -0.15) is 0 Å². The van der Waals surface area contributed by atoms with Gasteiger partial charge in [0.05, 0.1) is 19.4 Å². The molecule has 8 heteroatoms. The highest BCUT2D eigenvalue weighted by Gasteiger charge is 2.27. The Bertz CT molecular complexity index is 1090. The lowest BCUT2D eigenvalue weighted by molar-refractivity contribution is -0.000948. The zero-order valence-corrected chi connectivity index (χ0v) is 20.5. The van der Waals surface area contributed by atoms with Crippen molar-refractivity contribution in [3.63, 3.8) is 0 Å². The van der Waals surface area contributed by atoms with Gasteiger partial charge in [-0.25, -0.2) is 4.79 Å². The first-order valence-corrected chi connectivity index (χ1v) is 11.8. The van der Waals surface area contributed by atoms with Crippen molar-refractivity contribution in [3.05, 3.63) is 51.2 Å². The molecule has 2 aliphatic heterocycles. The van der Waals surface area contributed by atoms with E-state index in [1.807, 2.05) is 6.92 Å². The number of amides is 1. The highest BCUT2D eigenvalue weighted by atomic mass is 16.6. The van der Waals surface area contributed by atoms with Gasteiger partial charge in [-0.05, 0) is 43.2 Å². The molecule has 1 fully saturated rings. The Morgan fingerprint density at radius 2 is 1.85 bits per heavy atom. The third-order valence-corrected chi connectivity index (χ3v) is 7.01. The average molecular weight is 471 g/mol. The van der Waals surface area contributed by atoms with E-state index in [9.17, 15) is 9.59 Å². The molecule has 2 aromatic rings. The molecule has 0 saturated carbocycles. The van der Waals surface area contributed by atoms with Gasteiger partial charge < -0.3 is 28.4 Å². The van der Waals surface area contributed by atoms with Crippen molar-refractivity contribution in [2.75, 3.05) is 47.6 Å². The van der Waals surface area contributed by atoms with Gasteiger partial charge in [0.2, 0.25) is 0 Å². The number of carbonyl (C=O) groups is 1. The minimum atomic E-state index is -0.251. The summed E-state index contributed by atoms with van der Waals surface area (Å²) in [6.07, 6.45) is 2.24. The van der Waals surface area contributed by atoms with E-state index in [-0.39, 0.29) is 17.6 Å². The van der Waals surface area contributed by atoms with Crippen molar-refractivity contribution in [2.24, 2.45) is 0 Å². The lowest BCUT2D eigenvalue weighted by Crippen LogP contribution is -2.37. The van der Waals surface area contributed by atoms with Crippen LogP contribution in [-0.4, -0.2) is 69.3 Å². The van der Waals surface area contributed by atoms with Crippen molar-refractivity contribution in [2.45, 2.75) is 44.8 Å². The van der Waals surface area contributed by atoms with Crippen LogP contribution in [0.2, 0.25) is 0 Å². The Kier molecular flexibility index (Phi) is 7.58. The molecular formula is C26H34N2O6. The van der Waals surface area contributed by atoms with E-state index in [1.54, 1.807) is 25.2 Å². The summed E-state index contributed by atoms with van der Waals surface area (Å²) in [6, 6.07) is 8.17. The summed E-state index contributed by atoms with van der Waals surface area (Å²) in [5, 5.41) is 0. The second kappa shape index (κ2) is 10.6. The van der Waals surface area contributed by atoms with Crippen LogP contribution in [0.15, 0.2) is 29.1 Å². The molecule has 0 unspecified atom stereocenters. The van der Waals surface area contributed by atoms with Gasteiger partial charge in [-0.15, -0.1) is 0 Å². The van der Waals surface area contributed by atoms with Crippen LogP contribution in [0.25, 0.3) is 11.3 Å². The Morgan fingerprint density at radius 3 is 2.53 bits per heavy atom. The Labute approximate surface area is 200 Å². The number of hydrogen-bond acceptors (Lipinski definition) is 6. The number of pyridine rings is 1. The van der Waals surface area contributed by atoms with E-state index >= 15 is 0 Å². The molecule has 1 amide bonds. The third-order valence-electron chi connectivity index (χ3n) is 7.01. The number of fused-ring (bicyclic) bond motifs is 3. The molecule has 8 nitrogen and oxygen atoms in total. The third kappa shape index (κ3) is 4.83. The van der Waals surface area contributed by atoms with Crippen LogP contribution < -0.4 is 10.2 Å². The number of nitrogens with zero attached hydrogens (tertiary/aromatic N) is 2. The lowest BCUT2D eigenvalue weighted by Gasteiger charge is -2.32. The maximum atomic E-state index is 12.8. The van der Waals surface area contributed by atoms with Gasteiger partial charge in [-0.1, -0.05) is 18.2 Å². The highest BCUT2D eigenvalue weighted by Crippen LogP contribution is 2.37.